The van der Waals surface area contributed by atoms with Crippen LogP contribution in [0.5, 0.6) is 0 Å². The van der Waals surface area contributed by atoms with Gasteiger partial charge in [-0.05, 0) is 19.8 Å². The highest BCUT2D eigenvalue weighted by Gasteiger charge is 2.34. The molecular formula is C9H18N2O. The van der Waals surface area contributed by atoms with Crippen LogP contribution in [0.2, 0.25) is 0 Å². The van der Waals surface area contributed by atoms with Gasteiger partial charge in [-0.3, -0.25) is 10.1 Å². The fourth-order valence-corrected chi connectivity index (χ4v) is 1.69. The molecule has 1 heterocycles. The molecule has 1 aliphatic heterocycles. The number of carbonyl (C=O) groups is 1. The topological polar surface area (TPSA) is 41.1 Å². The van der Waals surface area contributed by atoms with Crippen LogP contribution in [0.3, 0.4) is 0 Å². The minimum absolute atomic E-state index is 0.0429. The maximum absolute atomic E-state index is 11.1. The molecule has 1 aliphatic rings. The van der Waals surface area contributed by atoms with Gasteiger partial charge >= 0.3 is 0 Å². The zero-order valence-corrected chi connectivity index (χ0v) is 8.11. The summed E-state index contributed by atoms with van der Waals surface area (Å²) in [4.78, 5) is 11.1. The van der Waals surface area contributed by atoms with Gasteiger partial charge in [-0.15, -0.1) is 0 Å². The van der Waals surface area contributed by atoms with Gasteiger partial charge < -0.3 is 5.32 Å². The third-order valence-corrected chi connectivity index (χ3v) is 2.87. The first-order chi connectivity index (χ1) is 5.63. The van der Waals surface area contributed by atoms with Gasteiger partial charge in [0.2, 0.25) is 5.91 Å². The number of nitrogens with one attached hydrogen (secondary N) is 2. The Balaban J connectivity index is 2.64. The van der Waals surface area contributed by atoms with Gasteiger partial charge in [0.25, 0.3) is 0 Å². The Bertz CT molecular complexity index is 175. The van der Waals surface area contributed by atoms with Gasteiger partial charge in [-0.2, -0.15) is 0 Å². The summed E-state index contributed by atoms with van der Waals surface area (Å²) in [6.45, 7) is 6.99. The monoisotopic (exact) mass is 170 g/mol. The average Bonchev–Trinajstić information content (AvgIpc) is 2.10. The maximum atomic E-state index is 11.1. The van der Waals surface area contributed by atoms with Gasteiger partial charge in [0, 0.05) is 12.1 Å². The molecule has 1 atom stereocenters. The largest absolute Gasteiger partial charge is 0.353 e. The lowest BCUT2D eigenvalue weighted by Gasteiger charge is -2.40. The molecule has 0 bridgehead atoms. The van der Waals surface area contributed by atoms with Crippen molar-refractivity contribution in [3.63, 3.8) is 0 Å². The molecule has 12 heavy (non-hydrogen) atoms. The van der Waals surface area contributed by atoms with Crippen molar-refractivity contribution in [2.24, 2.45) is 0 Å². The zero-order chi connectivity index (χ0) is 9.19. The standard InChI is InChI=1S/C9H18N2O/c1-4-9(5-2)6-10-8(12)7(3)11-9/h7,11H,4-6H2,1-3H3,(H,10,12). The fourth-order valence-electron chi connectivity index (χ4n) is 1.69. The van der Waals surface area contributed by atoms with E-state index in [9.17, 15) is 4.79 Å². The number of carbonyl (C=O) groups excluding carboxylic acids is 1. The van der Waals surface area contributed by atoms with Crippen LogP contribution >= 0.6 is 0 Å². The Hall–Kier alpha value is -0.570. The summed E-state index contributed by atoms with van der Waals surface area (Å²) in [7, 11) is 0. The minimum atomic E-state index is -0.0429. The van der Waals surface area contributed by atoms with E-state index >= 15 is 0 Å². The molecule has 0 aliphatic carbocycles. The highest BCUT2D eigenvalue weighted by molar-refractivity contribution is 5.82. The Morgan fingerprint density at radius 3 is 2.50 bits per heavy atom. The van der Waals surface area contributed by atoms with Crippen LogP contribution in [0.15, 0.2) is 0 Å². The first-order valence-corrected chi connectivity index (χ1v) is 4.69. The lowest BCUT2D eigenvalue weighted by Crippen LogP contribution is -2.64. The van der Waals surface area contributed by atoms with E-state index in [1.807, 2.05) is 6.92 Å². The summed E-state index contributed by atoms with van der Waals surface area (Å²) < 4.78 is 0. The number of rotatable bonds is 2. The summed E-state index contributed by atoms with van der Waals surface area (Å²) >= 11 is 0. The number of hydrogen-bond donors (Lipinski definition) is 2. The maximum Gasteiger partial charge on any atom is 0.236 e. The molecule has 70 valence electrons. The smallest absolute Gasteiger partial charge is 0.236 e. The van der Waals surface area contributed by atoms with E-state index < -0.39 is 0 Å². The van der Waals surface area contributed by atoms with Crippen molar-refractivity contribution in [1.29, 1.82) is 0 Å². The molecule has 0 aromatic carbocycles. The van der Waals surface area contributed by atoms with Gasteiger partial charge in [-0.1, -0.05) is 13.8 Å². The molecular weight excluding hydrogens is 152 g/mol. The highest BCUT2D eigenvalue weighted by atomic mass is 16.2. The third kappa shape index (κ3) is 1.61. The molecule has 0 aromatic rings. The Labute approximate surface area is 73.9 Å². The molecule has 1 unspecified atom stereocenters. The summed E-state index contributed by atoms with van der Waals surface area (Å²) in [6, 6.07) is -0.0429. The summed E-state index contributed by atoms with van der Waals surface area (Å²) in [6.07, 6.45) is 2.13. The zero-order valence-electron chi connectivity index (χ0n) is 8.11. The van der Waals surface area contributed by atoms with Gasteiger partial charge in [0.1, 0.15) is 0 Å². The van der Waals surface area contributed by atoms with Crippen molar-refractivity contribution in [1.82, 2.24) is 10.6 Å². The highest BCUT2D eigenvalue weighted by Crippen LogP contribution is 2.17. The SMILES string of the molecule is CCC1(CC)CNC(=O)C(C)N1. The molecule has 3 heteroatoms. The van der Waals surface area contributed by atoms with Crippen LogP contribution in [0.25, 0.3) is 0 Å². The van der Waals surface area contributed by atoms with Crippen LogP contribution in [0.4, 0.5) is 0 Å². The Morgan fingerprint density at radius 1 is 1.50 bits per heavy atom. The van der Waals surface area contributed by atoms with Crippen LogP contribution in [-0.4, -0.2) is 24.0 Å². The molecule has 1 amide bonds. The van der Waals surface area contributed by atoms with Crippen molar-refractivity contribution in [3.05, 3.63) is 0 Å². The molecule has 0 radical (unpaired) electrons. The molecule has 3 nitrogen and oxygen atoms in total. The first-order valence-electron chi connectivity index (χ1n) is 4.69. The van der Waals surface area contributed by atoms with E-state index in [4.69, 9.17) is 0 Å². The van der Waals surface area contributed by atoms with Crippen LogP contribution in [0.1, 0.15) is 33.6 Å². The van der Waals surface area contributed by atoms with Crippen molar-refractivity contribution < 1.29 is 4.79 Å². The minimum Gasteiger partial charge on any atom is -0.353 e. The van der Waals surface area contributed by atoms with E-state index in [2.05, 4.69) is 24.5 Å². The summed E-state index contributed by atoms with van der Waals surface area (Å²) in [5.74, 6) is 0.118. The lowest BCUT2D eigenvalue weighted by atomic mass is 9.89. The Morgan fingerprint density at radius 2 is 2.08 bits per heavy atom. The van der Waals surface area contributed by atoms with Gasteiger partial charge in [0.15, 0.2) is 0 Å². The molecule has 1 saturated heterocycles. The molecule has 0 spiro atoms. The first kappa shape index (κ1) is 9.52. The molecule has 1 fully saturated rings. The molecule has 1 rings (SSSR count). The summed E-state index contributed by atoms with van der Waals surface area (Å²) in [5.41, 5.74) is 0.132. The second-order valence-corrected chi connectivity index (χ2v) is 3.57. The number of amides is 1. The molecule has 2 N–H and O–H groups in total. The summed E-state index contributed by atoms with van der Waals surface area (Å²) in [5, 5.41) is 6.29. The predicted molar refractivity (Wildman–Crippen MR) is 48.9 cm³/mol. The van der Waals surface area contributed by atoms with Crippen molar-refractivity contribution >= 4 is 5.91 Å². The van der Waals surface area contributed by atoms with Crippen molar-refractivity contribution in [2.75, 3.05) is 6.54 Å². The van der Waals surface area contributed by atoms with Gasteiger partial charge in [0.05, 0.1) is 6.04 Å². The average molecular weight is 170 g/mol. The number of hydrogen-bond acceptors (Lipinski definition) is 2. The number of piperazine rings is 1. The molecule has 0 aromatic heterocycles. The molecule has 0 saturated carbocycles. The van der Waals surface area contributed by atoms with Gasteiger partial charge in [-0.25, -0.2) is 0 Å². The predicted octanol–water partition coefficient (Wildman–Crippen LogP) is 0.653. The second-order valence-electron chi connectivity index (χ2n) is 3.57. The van der Waals surface area contributed by atoms with Crippen LogP contribution in [-0.2, 0) is 4.79 Å². The van der Waals surface area contributed by atoms with Crippen LogP contribution < -0.4 is 10.6 Å². The third-order valence-electron chi connectivity index (χ3n) is 2.87. The normalized spacial score (nSPS) is 28.2. The van der Waals surface area contributed by atoms with E-state index in [1.165, 1.54) is 0 Å². The van der Waals surface area contributed by atoms with Crippen molar-refractivity contribution in [2.45, 2.75) is 45.2 Å². The Kier molecular flexibility index (Phi) is 2.73. The van der Waals surface area contributed by atoms with E-state index in [1.54, 1.807) is 0 Å². The fraction of sp³-hybridized carbons (Fsp3) is 0.889. The lowest BCUT2D eigenvalue weighted by molar-refractivity contribution is -0.125. The van der Waals surface area contributed by atoms with E-state index in [0.717, 1.165) is 19.4 Å². The van der Waals surface area contributed by atoms with E-state index in [-0.39, 0.29) is 17.5 Å². The van der Waals surface area contributed by atoms with Crippen LogP contribution in [0, 0.1) is 0 Å². The quantitative estimate of drug-likeness (QED) is 0.639. The van der Waals surface area contributed by atoms with E-state index in [0.29, 0.717) is 0 Å². The van der Waals surface area contributed by atoms with Crippen molar-refractivity contribution in [3.8, 4) is 0 Å². The second kappa shape index (κ2) is 3.44.